The molecule has 0 aliphatic carbocycles. The van der Waals surface area contributed by atoms with Gasteiger partial charge in [-0.25, -0.2) is 0 Å². The summed E-state index contributed by atoms with van der Waals surface area (Å²) in [4.78, 5) is 12.3. The Hall–Kier alpha value is -1.92. The summed E-state index contributed by atoms with van der Waals surface area (Å²) < 4.78 is 0.526. The first-order valence-corrected chi connectivity index (χ1v) is 6.88. The van der Waals surface area contributed by atoms with Gasteiger partial charge in [-0.05, 0) is 46.3 Å². The van der Waals surface area contributed by atoms with Crippen molar-refractivity contribution >= 4 is 44.7 Å². The van der Waals surface area contributed by atoms with Gasteiger partial charge in [0.1, 0.15) is 10.7 Å². The van der Waals surface area contributed by atoms with Crippen LogP contribution in [0.2, 0.25) is 0 Å². The van der Waals surface area contributed by atoms with Crippen molar-refractivity contribution < 1.29 is 9.90 Å². The van der Waals surface area contributed by atoms with Gasteiger partial charge in [0, 0.05) is 11.1 Å². The Morgan fingerprint density at radius 2 is 1.95 bits per heavy atom. The van der Waals surface area contributed by atoms with Gasteiger partial charge >= 0.3 is 0 Å². The molecular weight excluding hydrogens is 340 g/mol. The number of benzene rings is 2. The molecular formula is C14H11BrN2O2S. The molecule has 0 heterocycles. The number of phenols is 1. The maximum absolute atomic E-state index is 12.1. The van der Waals surface area contributed by atoms with Gasteiger partial charge in [0.25, 0.3) is 5.91 Å². The highest BCUT2D eigenvalue weighted by atomic mass is 79.9. The van der Waals surface area contributed by atoms with Crippen molar-refractivity contribution in [2.75, 3.05) is 5.32 Å². The number of nitrogens with two attached hydrogens (primary N) is 1. The summed E-state index contributed by atoms with van der Waals surface area (Å²) in [5, 5.41) is 12.3. The maximum Gasteiger partial charge on any atom is 0.255 e. The second-order valence-electron chi connectivity index (χ2n) is 4.03. The summed E-state index contributed by atoms with van der Waals surface area (Å²) in [5.41, 5.74) is 7.07. The van der Waals surface area contributed by atoms with Gasteiger partial charge < -0.3 is 16.2 Å². The average molecular weight is 351 g/mol. The summed E-state index contributed by atoms with van der Waals surface area (Å²) >= 11 is 8.10. The van der Waals surface area contributed by atoms with E-state index in [0.29, 0.717) is 21.3 Å². The van der Waals surface area contributed by atoms with Crippen LogP contribution >= 0.6 is 28.1 Å². The SMILES string of the molecule is NC(=S)c1ccccc1NC(=O)c1ccc(Br)c(O)c1. The number of aromatic hydroxyl groups is 1. The maximum atomic E-state index is 12.1. The highest BCUT2D eigenvalue weighted by Crippen LogP contribution is 2.25. The number of para-hydroxylation sites is 1. The third-order valence-corrected chi connectivity index (χ3v) is 3.54. The zero-order chi connectivity index (χ0) is 14.7. The van der Waals surface area contributed by atoms with Crippen LogP contribution in [0.15, 0.2) is 46.9 Å². The molecule has 0 aliphatic heterocycles. The van der Waals surface area contributed by atoms with Crippen molar-refractivity contribution in [3.05, 3.63) is 58.1 Å². The van der Waals surface area contributed by atoms with Crippen LogP contribution in [-0.4, -0.2) is 16.0 Å². The van der Waals surface area contributed by atoms with E-state index < -0.39 is 0 Å². The van der Waals surface area contributed by atoms with Crippen molar-refractivity contribution in [1.82, 2.24) is 0 Å². The molecule has 0 radical (unpaired) electrons. The minimum Gasteiger partial charge on any atom is -0.507 e. The van der Waals surface area contributed by atoms with Gasteiger partial charge in [-0.3, -0.25) is 4.79 Å². The van der Waals surface area contributed by atoms with E-state index in [1.165, 1.54) is 6.07 Å². The smallest absolute Gasteiger partial charge is 0.255 e. The van der Waals surface area contributed by atoms with Crippen LogP contribution < -0.4 is 11.1 Å². The number of rotatable bonds is 3. The third-order valence-electron chi connectivity index (χ3n) is 2.65. The van der Waals surface area contributed by atoms with Crippen LogP contribution in [0.25, 0.3) is 0 Å². The van der Waals surface area contributed by atoms with Crippen molar-refractivity contribution in [3.63, 3.8) is 0 Å². The van der Waals surface area contributed by atoms with Crippen LogP contribution in [0.4, 0.5) is 5.69 Å². The first-order valence-electron chi connectivity index (χ1n) is 5.67. The quantitative estimate of drug-likeness (QED) is 0.743. The molecule has 4 N–H and O–H groups in total. The van der Waals surface area contributed by atoms with E-state index in [4.69, 9.17) is 18.0 Å². The Morgan fingerprint density at radius 1 is 1.25 bits per heavy atom. The Balaban J connectivity index is 2.28. The van der Waals surface area contributed by atoms with Gasteiger partial charge in [-0.2, -0.15) is 0 Å². The number of carbonyl (C=O) groups excluding carboxylic acids is 1. The Morgan fingerprint density at radius 3 is 2.60 bits per heavy atom. The van der Waals surface area contributed by atoms with E-state index >= 15 is 0 Å². The van der Waals surface area contributed by atoms with Crippen molar-refractivity contribution in [3.8, 4) is 5.75 Å². The van der Waals surface area contributed by atoms with E-state index in [2.05, 4.69) is 21.2 Å². The van der Waals surface area contributed by atoms with E-state index in [9.17, 15) is 9.90 Å². The second kappa shape index (κ2) is 6.02. The van der Waals surface area contributed by atoms with E-state index in [1.807, 2.05) is 0 Å². The number of phenolic OH excluding ortho intramolecular Hbond substituents is 1. The predicted octanol–water partition coefficient (Wildman–Crippen LogP) is 3.04. The number of nitrogens with one attached hydrogen (secondary N) is 1. The van der Waals surface area contributed by atoms with Gasteiger partial charge in [-0.1, -0.05) is 24.4 Å². The first kappa shape index (κ1) is 14.5. The molecule has 0 unspecified atom stereocenters. The molecule has 1 amide bonds. The number of hydrogen-bond donors (Lipinski definition) is 3. The summed E-state index contributed by atoms with van der Waals surface area (Å²) in [6, 6.07) is 11.6. The van der Waals surface area contributed by atoms with Crippen LogP contribution in [0.3, 0.4) is 0 Å². The largest absolute Gasteiger partial charge is 0.507 e. The van der Waals surface area contributed by atoms with E-state index in [1.54, 1.807) is 36.4 Å². The fourth-order valence-corrected chi connectivity index (χ4v) is 2.08. The molecule has 0 fully saturated rings. The summed E-state index contributed by atoms with van der Waals surface area (Å²) in [6.45, 7) is 0. The minimum atomic E-state index is -0.350. The summed E-state index contributed by atoms with van der Waals surface area (Å²) in [5.74, 6) is -0.350. The normalized spacial score (nSPS) is 10.1. The molecule has 0 spiro atoms. The molecule has 2 aromatic rings. The molecule has 0 aliphatic rings. The number of halogens is 1. The Kier molecular flexibility index (Phi) is 4.36. The molecule has 0 bridgehead atoms. The fraction of sp³-hybridized carbons (Fsp3) is 0. The number of carbonyl (C=O) groups is 1. The molecule has 102 valence electrons. The zero-order valence-corrected chi connectivity index (χ0v) is 12.7. The van der Waals surface area contributed by atoms with Gasteiger partial charge in [0.05, 0.1) is 10.2 Å². The fourth-order valence-electron chi connectivity index (χ4n) is 1.66. The third kappa shape index (κ3) is 3.15. The summed E-state index contributed by atoms with van der Waals surface area (Å²) in [6.07, 6.45) is 0. The Bertz CT molecular complexity index is 689. The molecule has 20 heavy (non-hydrogen) atoms. The number of thiocarbonyl (C=S) groups is 1. The molecule has 0 aromatic heterocycles. The van der Waals surface area contributed by atoms with Crippen LogP contribution in [0, 0.1) is 0 Å². The van der Waals surface area contributed by atoms with Gasteiger partial charge in [0.2, 0.25) is 0 Å². The van der Waals surface area contributed by atoms with Crippen molar-refractivity contribution in [2.45, 2.75) is 0 Å². The average Bonchev–Trinajstić information content (AvgIpc) is 2.42. The van der Waals surface area contributed by atoms with E-state index in [-0.39, 0.29) is 16.6 Å². The lowest BCUT2D eigenvalue weighted by molar-refractivity contribution is 0.102. The van der Waals surface area contributed by atoms with Crippen LogP contribution in [0.1, 0.15) is 15.9 Å². The molecule has 0 atom stereocenters. The van der Waals surface area contributed by atoms with Gasteiger partial charge in [-0.15, -0.1) is 0 Å². The zero-order valence-electron chi connectivity index (χ0n) is 10.3. The molecule has 4 nitrogen and oxygen atoms in total. The monoisotopic (exact) mass is 350 g/mol. The Labute approximate surface area is 129 Å². The lowest BCUT2D eigenvalue weighted by Gasteiger charge is -2.10. The first-order chi connectivity index (χ1) is 9.49. The van der Waals surface area contributed by atoms with Crippen LogP contribution in [0.5, 0.6) is 5.75 Å². The number of anilines is 1. The van der Waals surface area contributed by atoms with Crippen molar-refractivity contribution in [2.24, 2.45) is 5.73 Å². The number of hydrogen-bond acceptors (Lipinski definition) is 3. The standard InChI is InChI=1S/C14H11BrN2O2S/c15-10-6-5-8(7-12(10)18)14(19)17-11-4-2-1-3-9(11)13(16)20/h1-7,18H,(H2,16,20)(H,17,19). The molecule has 2 rings (SSSR count). The molecule has 0 saturated heterocycles. The lowest BCUT2D eigenvalue weighted by Crippen LogP contribution is -2.17. The predicted molar refractivity (Wildman–Crippen MR) is 86.1 cm³/mol. The second-order valence-corrected chi connectivity index (χ2v) is 5.32. The minimum absolute atomic E-state index is 0.000260. The highest BCUT2D eigenvalue weighted by Gasteiger charge is 2.11. The summed E-state index contributed by atoms with van der Waals surface area (Å²) in [7, 11) is 0. The topological polar surface area (TPSA) is 75.3 Å². The molecule has 0 saturated carbocycles. The molecule has 2 aromatic carbocycles. The van der Waals surface area contributed by atoms with Crippen LogP contribution in [-0.2, 0) is 0 Å². The van der Waals surface area contributed by atoms with Gasteiger partial charge in [0.15, 0.2) is 0 Å². The highest BCUT2D eigenvalue weighted by molar-refractivity contribution is 9.10. The molecule has 6 heteroatoms. The lowest BCUT2D eigenvalue weighted by atomic mass is 10.1. The number of amides is 1. The van der Waals surface area contributed by atoms with Crippen molar-refractivity contribution in [1.29, 1.82) is 0 Å². The van der Waals surface area contributed by atoms with E-state index in [0.717, 1.165) is 0 Å².